The quantitative estimate of drug-likeness (QED) is 0.740. The molecule has 0 aromatic carbocycles. The molecule has 1 aromatic heterocycles. The first kappa shape index (κ1) is 19.9. The minimum atomic E-state index is -4.42. The fraction of sp³-hybridized carbons (Fsp3) is 0.750. The van der Waals surface area contributed by atoms with Crippen molar-refractivity contribution in [3.63, 3.8) is 0 Å². The van der Waals surface area contributed by atoms with Crippen LogP contribution in [-0.4, -0.2) is 45.2 Å². The molecule has 0 aliphatic carbocycles. The standard InChI is InChI=1S/C16H24F3N3O2S/c1-15(2,3)24-14(23)22-7-5-11(6-8-22)10-25-13-9-12(16(17,18)19)20-21(13)4/h9,11H,5-8,10H2,1-4H3. The maximum absolute atomic E-state index is 12.7. The summed E-state index contributed by atoms with van der Waals surface area (Å²) in [7, 11) is 1.52. The molecule has 1 fully saturated rings. The number of amides is 1. The fourth-order valence-electron chi connectivity index (χ4n) is 2.54. The molecule has 1 aromatic rings. The predicted octanol–water partition coefficient (Wildman–Crippen LogP) is 4.18. The highest BCUT2D eigenvalue weighted by Gasteiger charge is 2.35. The van der Waals surface area contributed by atoms with Gasteiger partial charge in [-0.15, -0.1) is 11.8 Å². The van der Waals surface area contributed by atoms with E-state index in [9.17, 15) is 18.0 Å². The molecule has 0 bridgehead atoms. The molecule has 25 heavy (non-hydrogen) atoms. The van der Waals surface area contributed by atoms with Gasteiger partial charge in [0.05, 0.1) is 5.03 Å². The Bertz CT molecular complexity index is 603. The number of halogens is 3. The SMILES string of the molecule is Cn1nc(C(F)(F)F)cc1SCC1CCN(C(=O)OC(C)(C)C)CC1. The fourth-order valence-corrected chi connectivity index (χ4v) is 3.70. The van der Waals surface area contributed by atoms with Gasteiger partial charge in [-0.2, -0.15) is 18.3 Å². The zero-order valence-corrected chi connectivity index (χ0v) is 15.7. The molecular weight excluding hydrogens is 355 g/mol. The zero-order chi connectivity index (χ0) is 18.8. The Kier molecular flexibility index (Phi) is 5.96. The lowest BCUT2D eigenvalue weighted by Crippen LogP contribution is -2.42. The van der Waals surface area contributed by atoms with Crippen molar-refractivity contribution < 1.29 is 22.7 Å². The molecule has 2 heterocycles. The van der Waals surface area contributed by atoms with Gasteiger partial charge >= 0.3 is 12.3 Å². The van der Waals surface area contributed by atoms with Crippen LogP contribution < -0.4 is 0 Å². The smallest absolute Gasteiger partial charge is 0.435 e. The van der Waals surface area contributed by atoms with E-state index < -0.39 is 17.5 Å². The predicted molar refractivity (Wildman–Crippen MR) is 89.5 cm³/mol. The Morgan fingerprint density at radius 3 is 2.40 bits per heavy atom. The first-order chi connectivity index (χ1) is 11.5. The summed E-state index contributed by atoms with van der Waals surface area (Å²) in [6.45, 7) is 6.71. The van der Waals surface area contributed by atoms with Crippen LogP contribution in [0.5, 0.6) is 0 Å². The third-order valence-electron chi connectivity index (χ3n) is 3.86. The van der Waals surface area contributed by atoms with E-state index in [-0.39, 0.29) is 6.09 Å². The summed E-state index contributed by atoms with van der Waals surface area (Å²) in [5, 5.41) is 4.02. The number of likely N-dealkylation sites (tertiary alicyclic amines) is 1. The van der Waals surface area contributed by atoms with Crippen LogP contribution in [0.4, 0.5) is 18.0 Å². The number of alkyl halides is 3. The first-order valence-electron chi connectivity index (χ1n) is 8.17. The van der Waals surface area contributed by atoms with Gasteiger partial charge in [-0.25, -0.2) is 4.79 Å². The van der Waals surface area contributed by atoms with E-state index in [0.717, 1.165) is 18.9 Å². The molecular formula is C16H24F3N3O2S. The van der Waals surface area contributed by atoms with Crippen molar-refractivity contribution in [2.45, 2.75) is 50.4 Å². The minimum absolute atomic E-state index is 0.306. The van der Waals surface area contributed by atoms with Crippen molar-refractivity contribution in [1.29, 1.82) is 0 Å². The molecule has 0 atom stereocenters. The van der Waals surface area contributed by atoms with Crippen molar-refractivity contribution in [1.82, 2.24) is 14.7 Å². The van der Waals surface area contributed by atoms with E-state index in [4.69, 9.17) is 4.74 Å². The Hall–Kier alpha value is -1.38. The third-order valence-corrected chi connectivity index (χ3v) is 5.18. The van der Waals surface area contributed by atoms with Crippen LogP contribution in [0.2, 0.25) is 0 Å². The van der Waals surface area contributed by atoms with E-state index >= 15 is 0 Å². The van der Waals surface area contributed by atoms with Crippen molar-refractivity contribution in [2.24, 2.45) is 13.0 Å². The molecule has 9 heteroatoms. The Labute approximate surface area is 149 Å². The van der Waals surface area contributed by atoms with Crippen LogP contribution in [0.15, 0.2) is 11.1 Å². The van der Waals surface area contributed by atoms with Crippen molar-refractivity contribution in [2.75, 3.05) is 18.8 Å². The molecule has 0 radical (unpaired) electrons. The third kappa shape index (κ3) is 5.83. The van der Waals surface area contributed by atoms with Gasteiger partial charge in [-0.05, 0) is 39.5 Å². The normalized spacial score (nSPS) is 17.0. The molecule has 0 spiro atoms. The van der Waals surface area contributed by atoms with E-state index in [1.165, 1.54) is 23.5 Å². The number of hydrogen-bond donors (Lipinski definition) is 0. The Morgan fingerprint density at radius 2 is 1.92 bits per heavy atom. The van der Waals surface area contributed by atoms with Gasteiger partial charge in [0.2, 0.25) is 0 Å². The summed E-state index contributed by atoms with van der Waals surface area (Å²) in [6.07, 6.45) is -3.10. The second kappa shape index (κ2) is 7.47. The number of ether oxygens (including phenoxy) is 1. The highest BCUT2D eigenvalue weighted by molar-refractivity contribution is 7.99. The molecule has 0 N–H and O–H groups in total. The van der Waals surface area contributed by atoms with Gasteiger partial charge in [0.25, 0.3) is 0 Å². The van der Waals surface area contributed by atoms with Crippen molar-refractivity contribution in [3.8, 4) is 0 Å². The van der Waals surface area contributed by atoms with Gasteiger partial charge in [0, 0.05) is 32.0 Å². The lowest BCUT2D eigenvalue weighted by atomic mass is 9.99. The maximum atomic E-state index is 12.7. The average Bonchev–Trinajstić information content (AvgIpc) is 2.85. The second-order valence-corrected chi connectivity index (χ2v) is 8.25. The number of piperidine rings is 1. The Balaban J connectivity index is 1.81. The summed E-state index contributed by atoms with van der Waals surface area (Å²) in [6, 6.07) is 1.08. The largest absolute Gasteiger partial charge is 0.444 e. The van der Waals surface area contributed by atoms with Crippen LogP contribution >= 0.6 is 11.8 Å². The lowest BCUT2D eigenvalue weighted by molar-refractivity contribution is -0.141. The average molecular weight is 379 g/mol. The topological polar surface area (TPSA) is 47.4 Å². The summed E-state index contributed by atoms with van der Waals surface area (Å²) in [5.41, 5.74) is -1.38. The lowest BCUT2D eigenvalue weighted by Gasteiger charge is -2.33. The van der Waals surface area contributed by atoms with E-state index in [2.05, 4.69) is 5.10 Å². The maximum Gasteiger partial charge on any atom is 0.435 e. The molecule has 0 unspecified atom stereocenters. The molecule has 2 rings (SSSR count). The van der Waals surface area contributed by atoms with Gasteiger partial charge < -0.3 is 9.64 Å². The van der Waals surface area contributed by atoms with Crippen LogP contribution in [-0.2, 0) is 18.0 Å². The van der Waals surface area contributed by atoms with E-state index in [1.54, 1.807) is 4.90 Å². The molecule has 1 amide bonds. The monoisotopic (exact) mass is 379 g/mol. The highest BCUT2D eigenvalue weighted by Crippen LogP contribution is 2.32. The number of aryl methyl sites for hydroxylation is 1. The molecule has 1 aliphatic heterocycles. The van der Waals surface area contributed by atoms with Crippen LogP contribution in [0, 0.1) is 5.92 Å². The van der Waals surface area contributed by atoms with Crippen molar-refractivity contribution in [3.05, 3.63) is 11.8 Å². The van der Waals surface area contributed by atoms with Gasteiger partial charge in [0.1, 0.15) is 5.60 Å². The van der Waals surface area contributed by atoms with Gasteiger partial charge in [0.15, 0.2) is 5.69 Å². The minimum Gasteiger partial charge on any atom is -0.444 e. The molecule has 5 nitrogen and oxygen atoms in total. The van der Waals surface area contributed by atoms with E-state index in [1.807, 2.05) is 20.8 Å². The number of rotatable bonds is 3. The number of carbonyl (C=O) groups excluding carboxylic acids is 1. The second-order valence-electron chi connectivity index (χ2n) is 7.21. The summed E-state index contributed by atoms with van der Waals surface area (Å²) in [5.74, 6) is 1.06. The Morgan fingerprint density at radius 1 is 1.32 bits per heavy atom. The van der Waals surface area contributed by atoms with Crippen LogP contribution in [0.1, 0.15) is 39.3 Å². The van der Waals surface area contributed by atoms with Crippen LogP contribution in [0.25, 0.3) is 0 Å². The molecule has 0 saturated carbocycles. The van der Waals surface area contributed by atoms with Gasteiger partial charge in [-0.3, -0.25) is 4.68 Å². The molecule has 1 saturated heterocycles. The number of nitrogens with zero attached hydrogens (tertiary/aromatic N) is 3. The summed E-state index contributed by atoms with van der Waals surface area (Å²) in [4.78, 5) is 13.7. The zero-order valence-electron chi connectivity index (χ0n) is 14.9. The highest BCUT2D eigenvalue weighted by atomic mass is 32.2. The van der Waals surface area contributed by atoms with E-state index in [0.29, 0.717) is 29.8 Å². The number of hydrogen-bond acceptors (Lipinski definition) is 4. The summed E-state index contributed by atoms with van der Waals surface area (Å²) >= 11 is 1.38. The van der Waals surface area contributed by atoms with Crippen LogP contribution in [0.3, 0.4) is 0 Å². The van der Waals surface area contributed by atoms with Gasteiger partial charge in [-0.1, -0.05) is 0 Å². The molecule has 142 valence electrons. The number of thioether (sulfide) groups is 1. The summed E-state index contributed by atoms with van der Waals surface area (Å²) < 4.78 is 44.7. The van der Waals surface area contributed by atoms with Crippen molar-refractivity contribution >= 4 is 17.9 Å². The number of aromatic nitrogens is 2. The molecule has 1 aliphatic rings. The number of carbonyl (C=O) groups is 1. The first-order valence-corrected chi connectivity index (χ1v) is 9.16.